The molecule has 0 unspecified atom stereocenters. The average molecular weight is 428 g/mol. The molecule has 1 aromatic heterocycles. The van der Waals surface area contributed by atoms with Gasteiger partial charge in [0.05, 0.1) is 6.54 Å². The van der Waals surface area contributed by atoms with Crippen molar-refractivity contribution in [2.24, 2.45) is 0 Å². The molecule has 1 fully saturated rings. The highest BCUT2D eigenvalue weighted by atomic mass is 32.2. The molecule has 0 aliphatic carbocycles. The molecule has 0 saturated carbocycles. The van der Waals surface area contributed by atoms with E-state index >= 15 is 0 Å². The first-order valence-electron chi connectivity index (χ1n) is 9.11. The monoisotopic (exact) mass is 427 g/mol. The van der Waals surface area contributed by atoms with Gasteiger partial charge in [0, 0.05) is 28.9 Å². The van der Waals surface area contributed by atoms with E-state index in [0.717, 1.165) is 16.2 Å². The van der Waals surface area contributed by atoms with Crippen molar-refractivity contribution < 1.29 is 18.0 Å². The molecule has 2 heterocycles. The zero-order valence-electron chi connectivity index (χ0n) is 17.0. The first kappa shape index (κ1) is 22.6. The molecular weight excluding hydrogens is 398 g/mol. The topological polar surface area (TPSA) is 95.6 Å². The number of piperidine rings is 1. The number of nitrogens with zero attached hydrogens (tertiary/aromatic N) is 1. The normalized spacial score (nSPS) is 19.8. The molecule has 0 atom stereocenters. The predicted octanol–water partition coefficient (Wildman–Crippen LogP) is 2.40. The summed E-state index contributed by atoms with van der Waals surface area (Å²) in [6.45, 7) is 12.7. The van der Waals surface area contributed by atoms with Gasteiger partial charge in [-0.2, -0.15) is 4.31 Å². The van der Waals surface area contributed by atoms with Crippen molar-refractivity contribution >= 4 is 33.2 Å². The summed E-state index contributed by atoms with van der Waals surface area (Å²) in [6.07, 6.45) is 2.23. The fourth-order valence-corrected chi connectivity index (χ4v) is 7.68. The lowest BCUT2D eigenvalue weighted by Gasteiger charge is -2.53. The Bertz CT molecular complexity index is 853. The summed E-state index contributed by atoms with van der Waals surface area (Å²) >= 11 is 1.16. The van der Waals surface area contributed by atoms with Crippen molar-refractivity contribution in [3.05, 3.63) is 29.7 Å². The second-order valence-electron chi connectivity index (χ2n) is 8.34. The van der Waals surface area contributed by atoms with Crippen LogP contribution in [0.4, 0.5) is 0 Å². The van der Waals surface area contributed by atoms with Crippen LogP contribution in [-0.2, 0) is 26.2 Å². The second-order valence-corrected chi connectivity index (χ2v) is 11.5. The summed E-state index contributed by atoms with van der Waals surface area (Å²) in [5.74, 6) is -0.419. The predicted molar refractivity (Wildman–Crippen MR) is 110 cm³/mol. The van der Waals surface area contributed by atoms with Gasteiger partial charge in [0.25, 0.3) is 10.0 Å². The summed E-state index contributed by atoms with van der Waals surface area (Å²) in [5.41, 5.74) is -1.39. The van der Waals surface area contributed by atoms with Crippen LogP contribution in [0.5, 0.6) is 0 Å². The molecule has 9 heteroatoms. The number of hydrogen-bond acceptors (Lipinski definition) is 5. The molecule has 28 heavy (non-hydrogen) atoms. The van der Waals surface area contributed by atoms with Gasteiger partial charge in [-0.3, -0.25) is 9.59 Å². The molecule has 1 aliphatic rings. The Labute approximate surface area is 171 Å². The first-order chi connectivity index (χ1) is 12.8. The van der Waals surface area contributed by atoms with Gasteiger partial charge in [-0.25, -0.2) is 8.42 Å². The van der Waals surface area contributed by atoms with E-state index in [1.807, 2.05) is 27.7 Å². The minimum atomic E-state index is -3.75. The van der Waals surface area contributed by atoms with E-state index in [9.17, 15) is 18.0 Å². The molecule has 1 saturated heterocycles. The molecule has 7 nitrogen and oxygen atoms in total. The largest absolute Gasteiger partial charge is 0.351 e. The Morgan fingerprint density at radius 2 is 1.82 bits per heavy atom. The van der Waals surface area contributed by atoms with Crippen molar-refractivity contribution in [1.29, 1.82) is 0 Å². The van der Waals surface area contributed by atoms with Crippen LogP contribution >= 0.6 is 11.3 Å². The third-order valence-corrected chi connectivity index (χ3v) is 8.64. The van der Waals surface area contributed by atoms with E-state index in [0.29, 0.717) is 19.4 Å². The lowest BCUT2D eigenvalue weighted by Crippen LogP contribution is -2.65. The number of amides is 2. The number of hydrogen-bond donors (Lipinski definition) is 2. The highest BCUT2D eigenvalue weighted by Gasteiger charge is 2.52. The number of thiophene rings is 1. The van der Waals surface area contributed by atoms with Crippen LogP contribution in [0.1, 0.15) is 52.3 Å². The minimum absolute atomic E-state index is 0.138. The van der Waals surface area contributed by atoms with Crippen molar-refractivity contribution in [3.8, 4) is 0 Å². The maximum Gasteiger partial charge on any atom is 0.253 e. The van der Waals surface area contributed by atoms with E-state index in [-0.39, 0.29) is 22.1 Å². The lowest BCUT2D eigenvalue weighted by molar-refractivity contribution is -0.119. The van der Waals surface area contributed by atoms with Gasteiger partial charge < -0.3 is 10.6 Å². The van der Waals surface area contributed by atoms with Crippen LogP contribution in [0.15, 0.2) is 29.0 Å². The molecule has 0 aromatic carbocycles. The number of sulfonamides is 1. The third kappa shape index (κ3) is 4.82. The fraction of sp³-hybridized carbons (Fsp3) is 0.579. The molecular formula is C19H29N3O4S2. The minimum Gasteiger partial charge on any atom is -0.351 e. The smallest absolute Gasteiger partial charge is 0.253 e. The van der Waals surface area contributed by atoms with E-state index in [4.69, 9.17) is 0 Å². The maximum absolute atomic E-state index is 13.5. The Balaban J connectivity index is 2.32. The molecule has 2 rings (SSSR count). The molecule has 2 N–H and O–H groups in total. The van der Waals surface area contributed by atoms with Crippen molar-refractivity contribution in [2.45, 2.75) is 75.3 Å². The Morgan fingerprint density at radius 3 is 2.32 bits per heavy atom. The summed E-state index contributed by atoms with van der Waals surface area (Å²) in [6, 6.07) is 3.18. The van der Waals surface area contributed by atoms with Crippen LogP contribution in [0.25, 0.3) is 0 Å². The van der Waals surface area contributed by atoms with Gasteiger partial charge in [-0.1, -0.05) is 6.58 Å². The van der Waals surface area contributed by atoms with E-state index in [2.05, 4.69) is 17.2 Å². The average Bonchev–Trinajstić information content (AvgIpc) is 2.99. The first-order valence-corrected chi connectivity index (χ1v) is 11.4. The Morgan fingerprint density at radius 1 is 1.25 bits per heavy atom. The summed E-state index contributed by atoms with van der Waals surface area (Å²) < 4.78 is 28.8. The Hall–Kier alpha value is -1.71. The van der Waals surface area contributed by atoms with Gasteiger partial charge in [0.1, 0.15) is 4.21 Å². The Kier molecular flexibility index (Phi) is 6.42. The number of rotatable bonds is 6. The van der Waals surface area contributed by atoms with E-state index < -0.39 is 21.1 Å². The third-order valence-electron chi connectivity index (χ3n) is 4.77. The lowest BCUT2D eigenvalue weighted by atomic mass is 9.79. The molecule has 0 spiro atoms. The maximum atomic E-state index is 13.5. The number of carbonyl (C=O) groups is 2. The summed E-state index contributed by atoms with van der Waals surface area (Å²) in [7, 11) is -3.75. The van der Waals surface area contributed by atoms with Gasteiger partial charge in [-0.05, 0) is 58.7 Å². The standard InChI is InChI=1S/C19H29N3O4S2/c1-7-16(24)21-14-10-18(3,4)22(19(5,6)11-14)28(25,26)17-9-8-15(27-17)12-20-13(2)23/h7-9,14H,1,10-12H2,2-6H3,(H,20,23)(H,21,24). The zero-order valence-corrected chi connectivity index (χ0v) is 18.7. The van der Waals surface area contributed by atoms with Crippen molar-refractivity contribution in [1.82, 2.24) is 14.9 Å². The van der Waals surface area contributed by atoms with Crippen LogP contribution in [0.2, 0.25) is 0 Å². The summed E-state index contributed by atoms with van der Waals surface area (Å²) in [4.78, 5) is 23.6. The molecule has 1 aromatic rings. The van der Waals surface area contributed by atoms with Crippen LogP contribution in [0, 0.1) is 0 Å². The van der Waals surface area contributed by atoms with Crippen LogP contribution < -0.4 is 10.6 Å². The number of nitrogens with one attached hydrogen (secondary N) is 2. The van der Waals surface area contributed by atoms with Crippen molar-refractivity contribution in [3.63, 3.8) is 0 Å². The molecule has 0 bridgehead atoms. The fourth-order valence-electron chi connectivity index (χ4n) is 4.17. The molecule has 0 radical (unpaired) electrons. The van der Waals surface area contributed by atoms with Crippen molar-refractivity contribution in [2.75, 3.05) is 0 Å². The van der Waals surface area contributed by atoms with Gasteiger partial charge >= 0.3 is 0 Å². The van der Waals surface area contributed by atoms with E-state index in [1.165, 1.54) is 13.0 Å². The summed E-state index contributed by atoms with van der Waals surface area (Å²) in [5, 5.41) is 5.59. The highest BCUT2D eigenvalue weighted by molar-refractivity contribution is 7.91. The quantitative estimate of drug-likeness (QED) is 0.682. The van der Waals surface area contributed by atoms with Crippen LogP contribution in [0.3, 0.4) is 0 Å². The molecule has 1 aliphatic heterocycles. The zero-order chi connectivity index (χ0) is 21.3. The van der Waals surface area contributed by atoms with E-state index in [1.54, 1.807) is 16.4 Å². The van der Waals surface area contributed by atoms with Crippen LogP contribution in [-0.4, -0.2) is 41.7 Å². The molecule has 2 amide bonds. The second kappa shape index (κ2) is 7.96. The SMILES string of the molecule is C=CC(=O)NC1CC(C)(C)N(S(=O)(=O)c2ccc(CNC(C)=O)s2)C(C)(C)C1. The van der Waals surface area contributed by atoms with Gasteiger partial charge in [0.15, 0.2) is 0 Å². The number of carbonyl (C=O) groups excluding carboxylic acids is 2. The molecule has 156 valence electrons. The van der Waals surface area contributed by atoms with Gasteiger partial charge in [-0.15, -0.1) is 11.3 Å². The van der Waals surface area contributed by atoms with Gasteiger partial charge in [0.2, 0.25) is 11.8 Å². The highest BCUT2D eigenvalue weighted by Crippen LogP contribution is 2.43.